The van der Waals surface area contributed by atoms with E-state index in [1.807, 2.05) is 0 Å². The number of aromatic nitrogens is 2. The lowest BCUT2D eigenvalue weighted by Crippen LogP contribution is -2.36. The molecule has 1 atom stereocenters. The van der Waals surface area contributed by atoms with E-state index in [1.54, 1.807) is 12.1 Å². The Balaban J connectivity index is 0.00000208. The van der Waals surface area contributed by atoms with Crippen molar-refractivity contribution in [1.82, 2.24) is 15.5 Å². The van der Waals surface area contributed by atoms with Gasteiger partial charge in [-0.05, 0) is 50.9 Å². The first-order chi connectivity index (χ1) is 11.0. The van der Waals surface area contributed by atoms with Crippen LogP contribution in [0.25, 0.3) is 11.5 Å². The van der Waals surface area contributed by atoms with E-state index in [9.17, 15) is 4.79 Å². The zero-order valence-corrected chi connectivity index (χ0v) is 15.4. The topological polar surface area (TPSA) is 83.0 Å². The van der Waals surface area contributed by atoms with Gasteiger partial charge < -0.3 is 15.1 Å². The molecule has 2 aromatic rings. The van der Waals surface area contributed by atoms with Gasteiger partial charge in [0.2, 0.25) is 0 Å². The molecular formula is C15H19Cl3N4O2. The lowest BCUT2D eigenvalue weighted by molar-refractivity contribution is 0.343. The first-order valence-corrected chi connectivity index (χ1v) is 8.32. The maximum Gasteiger partial charge on any atom is 0.434 e. The molecule has 1 saturated heterocycles. The fourth-order valence-corrected chi connectivity index (χ4v) is 3.39. The number of hydrogen-bond donors (Lipinski definition) is 3. The molecule has 1 aromatic carbocycles. The second kappa shape index (κ2) is 8.25. The van der Waals surface area contributed by atoms with Crippen LogP contribution in [0.15, 0.2) is 21.3 Å². The second-order valence-electron chi connectivity index (χ2n) is 5.75. The van der Waals surface area contributed by atoms with Gasteiger partial charge >= 0.3 is 5.76 Å². The second-order valence-corrected chi connectivity index (χ2v) is 6.57. The Hall–Kier alpha value is -1.21. The minimum absolute atomic E-state index is 0. The maximum absolute atomic E-state index is 11.1. The third-order valence-corrected chi connectivity index (χ3v) is 4.82. The number of piperidine rings is 1. The van der Waals surface area contributed by atoms with Crippen molar-refractivity contribution in [3.8, 4) is 11.5 Å². The zero-order chi connectivity index (χ0) is 16.4. The normalized spacial score (nSPS) is 16.5. The molecule has 2 heterocycles. The molecule has 6 nitrogen and oxygen atoms in total. The van der Waals surface area contributed by atoms with Crippen molar-refractivity contribution in [2.24, 2.45) is 5.92 Å². The number of halogens is 3. The number of nitrogens with zero attached hydrogens (tertiary/aromatic N) is 1. The zero-order valence-electron chi connectivity index (χ0n) is 13.1. The Morgan fingerprint density at radius 1 is 1.29 bits per heavy atom. The van der Waals surface area contributed by atoms with Crippen molar-refractivity contribution in [3.63, 3.8) is 0 Å². The van der Waals surface area contributed by atoms with Crippen molar-refractivity contribution >= 4 is 41.3 Å². The number of aromatic amines is 1. The van der Waals surface area contributed by atoms with Crippen molar-refractivity contribution in [1.29, 1.82) is 0 Å². The largest absolute Gasteiger partial charge is 0.434 e. The molecule has 9 heteroatoms. The average molecular weight is 394 g/mol. The molecule has 0 unspecified atom stereocenters. The van der Waals surface area contributed by atoms with Gasteiger partial charge in [-0.2, -0.15) is 0 Å². The summed E-state index contributed by atoms with van der Waals surface area (Å²) in [4.78, 5) is 11.1. The molecule has 1 aromatic heterocycles. The van der Waals surface area contributed by atoms with E-state index in [2.05, 4.69) is 27.8 Å². The van der Waals surface area contributed by atoms with Crippen LogP contribution in [0.3, 0.4) is 0 Å². The molecular weight excluding hydrogens is 375 g/mol. The molecule has 1 aliphatic heterocycles. The molecule has 132 valence electrons. The fourth-order valence-electron chi connectivity index (χ4n) is 2.88. The summed E-state index contributed by atoms with van der Waals surface area (Å²) in [5, 5.41) is 13.8. The van der Waals surface area contributed by atoms with Crippen LogP contribution in [0.1, 0.15) is 19.8 Å². The van der Waals surface area contributed by atoms with E-state index in [0.717, 1.165) is 31.6 Å². The minimum Gasteiger partial charge on any atom is -0.388 e. The summed E-state index contributed by atoms with van der Waals surface area (Å²) in [6.45, 7) is 4.22. The molecule has 1 aliphatic rings. The third kappa shape index (κ3) is 4.25. The molecule has 0 bridgehead atoms. The van der Waals surface area contributed by atoms with Crippen molar-refractivity contribution < 1.29 is 4.42 Å². The minimum atomic E-state index is -0.622. The fraction of sp³-hybridized carbons (Fsp3) is 0.467. The van der Waals surface area contributed by atoms with E-state index in [4.69, 9.17) is 27.6 Å². The summed E-state index contributed by atoms with van der Waals surface area (Å²) in [5.41, 5.74) is 1.28. The smallest absolute Gasteiger partial charge is 0.388 e. The number of rotatable bonds is 4. The predicted octanol–water partition coefficient (Wildman–Crippen LogP) is 3.56. The van der Waals surface area contributed by atoms with Crippen molar-refractivity contribution in [3.05, 3.63) is 32.7 Å². The molecule has 1 fully saturated rings. The van der Waals surface area contributed by atoms with Gasteiger partial charge in [-0.15, -0.1) is 17.5 Å². The highest BCUT2D eigenvalue weighted by Gasteiger charge is 2.21. The summed E-state index contributed by atoms with van der Waals surface area (Å²) in [6.07, 6.45) is 2.25. The van der Waals surface area contributed by atoms with Crippen LogP contribution in [-0.4, -0.2) is 29.3 Å². The number of benzene rings is 1. The van der Waals surface area contributed by atoms with E-state index in [-0.39, 0.29) is 24.3 Å². The molecule has 3 rings (SSSR count). The van der Waals surface area contributed by atoms with Gasteiger partial charge in [0, 0.05) is 6.04 Å². The SMILES string of the molecule is C[C@H](Nc1cc(-c2n[nH]c(=O)o2)c(Cl)cc1Cl)C1CCNCC1.Cl. The lowest BCUT2D eigenvalue weighted by Gasteiger charge is -2.30. The van der Waals surface area contributed by atoms with Crippen LogP contribution in [-0.2, 0) is 0 Å². The van der Waals surface area contributed by atoms with E-state index in [0.29, 0.717) is 21.5 Å². The molecule has 0 spiro atoms. The van der Waals surface area contributed by atoms with Crippen LogP contribution in [0.5, 0.6) is 0 Å². The summed E-state index contributed by atoms with van der Waals surface area (Å²) < 4.78 is 4.98. The highest BCUT2D eigenvalue weighted by atomic mass is 35.5. The first-order valence-electron chi connectivity index (χ1n) is 7.57. The molecule has 24 heavy (non-hydrogen) atoms. The maximum atomic E-state index is 11.1. The van der Waals surface area contributed by atoms with Crippen LogP contribution in [0.2, 0.25) is 10.0 Å². The Morgan fingerprint density at radius 2 is 2.00 bits per heavy atom. The van der Waals surface area contributed by atoms with Gasteiger partial charge in [0.05, 0.1) is 21.3 Å². The number of nitrogens with one attached hydrogen (secondary N) is 3. The summed E-state index contributed by atoms with van der Waals surface area (Å²) in [7, 11) is 0. The summed E-state index contributed by atoms with van der Waals surface area (Å²) >= 11 is 12.5. The highest BCUT2D eigenvalue weighted by Crippen LogP contribution is 2.35. The summed E-state index contributed by atoms with van der Waals surface area (Å²) in [6, 6.07) is 3.67. The van der Waals surface area contributed by atoms with E-state index >= 15 is 0 Å². The Kier molecular flexibility index (Phi) is 6.57. The Labute approximate surface area is 155 Å². The quantitative estimate of drug-likeness (QED) is 0.740. The van der Waals surface area contributed by atoms with Crippen molar-refractivity contribution in [2.45, 2.75) is 25.8 Å². The van der Waals surface area contributed by atoms with Crippen LogP contribution >= 0.6 is 35.6 Å². The Morgan fingerprint density at radius 3 is 2.62 bits per heavy atom. The average Bonchev–Trinajstić information content (AvgIpc) is 2.97. The lowest BCUT2D eigenvalue weighted by atomic mass is 9.91. The van der Waals surface area contributed by atoms with E-state index < -0.39 is 5.76 Å². The van der Waals surface area contributed by atoms with Gasteiger partial charge in [-0.3, -0.25) is 0 Å². The van der Waals surface area contributed by atoms with Crippen LogP contribution in [0.4, 0.5) is 5.69 Å². The summed E-state index contributed by atoms with van der Waals surface area (Å²) in [5.74, 6) is 0.104. The van der Waals surface area contributed by atoms with Gasteiger partial charge in [0.15, 0.2) is 0 Å². The van der Waals surface area contributed by atoms with Crippen LogP contribution < -0.4 is 16.4 Å². The van der Waals surface area contributed by atoms with Gasteiger partial charge in [0.1, 0.15) is 0 Å². The molecule has 0 aliphatic carbocycles. The molecule has 0 saturated carbocycles. The van der Waals surface area contributed by atoms with Gasteiger partial charge in [-0.1, -0.05) is 23.2 Å². The third-order valence-electron chi connectivity index (χ3n) is 4.20. The van der Waals surface area contributed by atoms with Gasteiger partial charge in [-0.25, -0.2) is 9.89 Å². The standard InChI is InChI=1S/C15H18Cl2N4O2.ClH/c1-8(9-2-4-18-5-3-9)19-13-6-10(11(16)7-12(13)17)14-20-21-15(22)23-14;/h6-9,18-19H,2-5H2,1H3,(H,21,22);1H/t8-;/m0./s1. The molecule has 0 radical (unpaired) electrons. The first kappa shape index (κ1) is 19.1. The monoisotopic (exact) mass is 392 g/mol. The van der Waals surface area contributed by atoms with E-state index in [1.165, 1.54) is 0 Å². The Bertz CT molecular complexity index is 741. The van der Waals surface area contributed by atoms with Gasteiger partial charge in [0.25, 0.3) is 5.89 Å². The number of hydrogen-bond acceptors (Lipinski definition) is 5. The number of H-pyrrole nitrogens is 1. The van der Waals surface area contributed by atoms with Crippen LogP contribution in [0, 0.1) is 5.92 Å². The highest BCUT2D eigenvalue weighted by molar-refractivity contribution is 6.37. The predicted molar refractivity (Wildman–Crippen MR) is 98.5 cm³/mol. The van der Waals surface area contributed by atoms with Crippen molar-refractivity contribution in [2.75, 3.05) is 18.4 Å². The molecule has 0 amide bonds. The number of anilines is 1. The molecule has 3 N–H and O–H groups in total.